The average Bonchev–Trinajstić information content (AvgIpc) is 3.50. The fourth-order valence-electron chi connectivity index (χ4n) is 5.65. The van der Waals surface area contributed by atoms with Gasteiger partial charge in [0.05, 0.1) is 29.9 Å². The number of nitrogens with zero attached hydrogens (tertiary/aromatic N) is 1. The minimum absolute atomic E-state index is 0.0678. The number of aliphatic hydroxyl groups excluding tert-OH is 3. The van der Waals surface area contributed by atoms with Gasteiger partial charge in [0.2, 0.25) is 11.8 Å². The van der Waals surface area contributed by atoms with Crippen LogP contribution in [0.2, 0.25) is 5.02 Å². The normalized spacial score (nSPS) is 20.6. The average molecular weight is 713 g/mol. The number of benzene rings is 2. The van der Waals surface area contributed by atoms with E-state index in [1.807, 2.05) is 12.1 Å². The van der Waals surface area contributed by atoms with Crippen LogP contribution in [0.25, 0.3) is 0 Å². The number of nitrogens with one attached hydrogen (secondary N) is 1. The van der Waals surface area contributed by atoms with Crippen molar-refractivity contribution in [2.75, 3.05) is 20.3 Å². The molecule has 0 bridgehead atoms. The Labute approximate surface area is 265 Å². The number of amides is 2. The Hall–Kier alpha value is -2.38. The number of aliphatic hydroxyl groups is 3. The summed E-state index contributed by atoms with van der Waals surface area (Å²) in [6, 6.07) is 9.86. The lowest BCUT2D eigenvalue weighted by Crippen LogP contribution is -2.55. The molecule has 3 atom stereocenters. The minimum atomic E-state index is -1.17. The molecule has 0 heterocycles. The fourth-order valence-corrected chi connectivity index (χ4v) is 6.57. The topological polar surface area (TPSA) is 129 Å². The van der Waals surface area contributed by atoms with Crippen LogP contribution in [0.1, 0.15) is 49.7 Å². The molecule has 42 heavy (non-hydrogen) atoms. The lowest BCUT2D eigenvalue weighted by molar-refractivity contribution is -0.140. The Morgan fingerprint density at radius 3 is 2.48 bits per heavy atom. The van der Waals surface area contributed by atoms with E-state index in [4.69, 9.17) is 21.1 Å². The van der Waals surface area contributed by atoms with Gasteiger partial charge in [0.15, 0.2) is 11.5 Å². The van der Waals surface area contributed by atoms with E-state index in [9.17, 15) is 24.9 Å². The van der Waals surface area contributed by atoms with Gasteiger partial charge in [-0.05, 0) is 82.8 Å². The molecule has 228 valence electrons. The van der Waals surface area contributed by atoms with Gasteiger partial charge in [-0.15, -0.1) is 0 Å². The molecule has 2 aliphatic carbocycles. The van der Waals surface area contributed by atoms with E-state index < -0.39 is 24.2 Å². The van der Waals surface area contributed by atoms with Gasteiger partial charge in [-0.1, -0.05) is 36.6 Å². The lowest BCUT2D eigenvalue weighted by Gasteiger charge is -2.41. The molecule has 1 fully saturated rings. The quantitative estimate of drug-likeness (QED) is 0.246. The number of halogens is 2. The molecule has 2 amide bonds. The molecule has 0 aliphatic heterocycles. The molecule has 9 nitrogen and oxygen atoms in total. The molecule has 11 heteroatoms. The standard InChI is InChI=1S/C31H38ClIN2O7/c1-41-27-13-21(18-37)12-24(33)30(27)42-26-16-22(31(40)34-10-11-36)15-25(29(26)39)35(17-20-6-8-23(32)9-7-20)28(38)14-19-4-2-3-5-19/h6-9,12-13,16,19,25-26,29,36-37,39H,2-5,10-11,14-15,17-18H2,1H3,(H,34,40)/t25-,26+,29+/m1/s1. The predicted molar refractivity (Wildman–Crippen MR) is 167 cm³/mol. The molecule has 4 rings (SSSR count). The van der Waals surface area contributed by atoms with Crippen molar-refractivity contribution in [2.24, 2.45) is 5.92 Å². The molecule has 2 aliphatic rings. The molecular formula is C31H38ClIN2O7. The first-order valence-electron chi connectivity index (χ1n) is 14.2. The van der Waals surface area contributed by atoms with Gasteiger partial charge in [-0.2, -0.15) is 0 Å². The van der Waals surface area contributed by atoms with Gasteiger partial charge in [0.1, 0.15) is 12.2 Å². The zero-order valence-electron chi connectivity index (χ0n) is 23.6. The van der Waals surface area contributed by atoms with Crippen LogP contribution in [0, 0.1) is 9.49 Å². The van der Waals surface area contributed by atoms with Gasteiger partial charge in [-0.3, -0.25) is 9.59 Å². The van der Waals surface area contributed by atoms with E-state index in [2.05, 4.69) is 27.9 Å². The van der Waals surface area contributed by atoms with Crippen LogP contribution in [-0.2, 0) is 22.7 Å². The summed E-state index contributed by atoms with van der Waals surface area (Å²) in [4.78, 5) is 28.7. The molecular weight excluding hydrogens is 675 g/mol. The Kier molecular flexibility index (Phi) is 11.9. The highest BCUT2D eigenvalue weighted by Gasteiger charge is 2.41. The summed E-state index contributed by atoms with van der Waals surface area (Å²) < 4.78 is 12.5. The monoisotopic (exact) mass is 712 g/mol. The third-order valence-electron chi connectivity index (χ3n) is 7.86. The lowest BCUT2D eigenvalue weighted by atomic mass is 9.87. The van der Waals surface area contributed by atoms with E-state index in [1.165, 1.54) is 7.11 Å². The van der Waals surface area contributed by atoms with E-state index >= 15 is 0 Å². The van der Waals surface area contributed by atoms with Crippen LogP contribution in [0.15, 0.2) is 48.0 Å². The molecule has 2 aromatic carbocycles. The molecule has 0 unspecified atom stereocenters. The first kappa shape index (κ1) is 32.5. The maximum absolute atomic E-state index is 13.9. The molecule has 0 spiro atoms. The summed E-state index contributed by atoms with van der Waals surface area (Å²) in [5.74, 6) is 0.526. The summed E-state index contributed by atoms with van der Waals surface area (Å²) in [7, 11) is 1.48. The van der Waals surface area contributed by atoms with Crippen LogP contribution in [-0.4, -0.2) is 70.5 Å². The van der Waals surface area contributed by atoms with Gasteiger partial charge < -0.3 is 35.0 Å². The second-order valence-corrected chi connectivity index (χ2v) is 12.4. The van der Waals surface area contributed by atoms with Crippen molar-refractivity contribution in [1.82, 2.24) is 10.2 Å². The molecule has 0 radical (unpaired) electrons. The minimum Gasteiger partial charge on any atom is -0.493 e. The van der Waals surface area contributed by atoms with Crippen molar-refractivity contribution in [3.63, 3.8) is 0 Å². The Bertz CT molecular complexity index is 1270. The molecule has 0 saturated heterocycles. The van der Waals surface area contributed by atoms with Crippen molar-refractivity contribution < 1.29 is 34.4 Å². The van der Waals surface area contributed by atoms with E-state index in [0.29, 0.717) is 37.6 Å². The van der Waals surface area contributed by atoms with Gasteiger partial charge in [0.25, 0.3) is 0 Å². The summed E-state index contributed by atoms with van der Waals surface area (Å²) >= 11 is 8.18. The summed E-state index contributed by atoms with van der Waals surface area (Å²) in [6.07, 6.45) is 4.09. The molecule has 0 aromatic heterocycles. The number of carbonyl (C=O) groups excluding carboxylic acids is 2. The fraction of sp³-hybridized carbons (Fsp3) is 0.484. The third kappa shape index (κ3) is 8.16. The zero-order valence-corrected chi connectivity index (χ0v) is 26.5. The number of ether oxygens (including phenoxy) is 2. The highest BCUT2D eigenvalue weighted by atomic mass is 127. The Morgan fingerprint density at radius 2 is 1.83 bits per heavy atom. The van der Waals surface area contributed by atoms with Gasteiger partial charge >= 0.3 is 0 Å². The Morgan fingerprint density at radius 1 is 1.12 bits per heavy atom. The van der Waals surface area contributed by atoms with Crippen molar-refractivity contribution >= 4 is 46.0 Å². The predicted octanol–water partition coefficient (Wildman–Crippen LogP) is 3.97. The highest BCUT2D eigenvalue weighted by molar-refractivity contribution is 14.1. The second-order valence-electron chi connectivity index (χ2n) is 10.8. The maximum Gasteiger partial charge on any atom is 0.247 e. The van der Waals surface area contributed by atoms with Crippen molar-refractivity contribution in [3.8, 4) is 11.5 Å². The number of hydrogen-bond acceptors (Lipinski definition) is 7. The number of carbonyl (C=O) groups is 2. The number of hydrogen-bond donors (Lipinski definition) is 4. The van der Waals surface area contributed by atoms with E-state index in [1.54, 1.807) is 35.2 Å². The number of methoxy groups -OCH3 is 1. The number of rotatable bonds is 12. The van der Waals surface area contributed by atoms with Crippen molar-refractivity contribution in [1.29, 1.82) is 0 Å². The van der Waals surface area contributed by atoms with Crippen LogP contribution in [0.5, 0.6) is 11.5 Å². The van der Waals surface area contributed by atoms with Crippen molar-refractivity contribution in [3.05, 3.63) is 67.8 Å². The van der Waals surface area contributed by atoms with E-state index in [-0.39, 0.29) is 44.5 Å². The Balaban J connectivity index is 1.71. The highest BCUT2D eigenvalue weighted by Crippen LogP contribution is 2.38. The maximum atomic E-state index is 13.9. The molecule has 1 saturated carbocycles. The van der Waals surface area contributed by atoms with Crippen LogP contribution < -0.4 is 14.8 Å². The van der Waals surface area contributed by atoms with Gasteiger partial charge in [0, 0.05) is 36.5 Å². The smallest absolute Gasteiger partial charge is 0.247 e. The SMILES string of the molecule is COc1cc(CO)cc(I)c1O[C@H]1C=C(C(=O)NCCO)C[C@@H](N(Cc2ccc(Cl)cc2)C(=O)CC2CCCC2)[C@@H]1O. The van der Waals surface area contributed by atoms with Crippen LogP contribution in [0.4, 0.5) is 0 Å². The summed E-state index contributed by atoms with van der Waals surface area (Å²) in [6.45, 7) is -0.105. The first-order valence-corrected chi connectivity index (χ1v) is 15.6. The summed E-state index contributed by atoms with van der Waals surface area (Å²) in [5.41, 5.74) is 1.83. The van der Waals surface area contributed by atoms with Crippen LogP contribution >= 0.6 is 34.2 Å². The van der Waals surface area contributed by atoms with Crippen LogP contribution in [0.3, 0.4) is 0 Å². The second kappa shape index (κ2) is 15.4. The molecule has 4 N–H and O–H groups in total. The third-order valence-corrected chi connectivity index (χ3v) is 8.92. The van der Waals surface area contributed by atoms with Gasteiger partial charge in [-0.25, -0.2) is 0 Å². The van der Waals surface area contributed by atoms with E-state index in [0.717, 1.165) is 31.2 Å². The van der Waals surface area contributed by atoms with Crippen molar-refractivity contribution in [2.45, 2.75) is 69.9 Å². The zero-order chi connectivity index (χ0) is 30.2. The summed E-state index contributed by atoms with van der Waals surface area (Å²) in [5, 5.41) is 34.0. The largest absolute Gasteiger partial charge is 0.493 e. The molecule has 2 aromatic rings. The first-order chi connectivity index (χ1) is 20.2.